The summed E-state index contributed by atoms with van der Waals surface area (Å²) in [5, 5.41) is 17.6. The Morgan fingerprint density at radius 1 is 1.26 bits per heavy atom. The van der Waals surface area contributed by atoms with Crippen LogP contribution < -0.4 is 4.90 Å². The Morgan fingerprint density at radius 2 is 1.89 bits per heavy atom. The van der Waals surface area contributed by atoms with E-state index < -0.39 is 11.9 Å². The lowest BCUT2D eigenvalue weighted by atomic mass is 10.0. The van der Waals surface area contributed by atoms with Gasteiger partial charge in [0.05, 0.1) is 6.07 Å². The topological polar surface area (TPSA) is 64.3 Å². The van der Waals surface area contributed by atoms with Crippen molar-refractivity contribution in [1.82, 2.24) is 0 Å². The van der Waals surface area contributed by atoms with Crippen molar-refractivity contribution < 1.29 is 9.90 Å². The number of hydrogen-bond donors (Lipinski definition) is 1. The maximum absolute atomic E-state index is 10.8. The molecule has 1 saturated heterocycles. The molecule has 4 nitrogen and oxygen atoms in total. The number of rotatable bonds is 4. The fourth-order valence-corrected chi connectivity index (χ4v) is 2.42. The number of benzene rings is 1. The summed E-state index contributed by atoms with van der Waals surface area (Å²) >= 11 is 0. The van der Waals surface area contributed by atoms with Gasteiger partial charge in [-0.3, -0.25) is 4.79 Å². The molecule has 4 heteroatoms. The third-order valence-corrected chi connectivity index (χ3v) is 3.55. The summed E-state index contributed by atoms with van der Waals surface area (Å²) in [7, 11) is 0. The fraction of sp³-hybridized carbons (Fsp3) is 0.467. The van der Waals surface area contributed by atoms with Crippen LogP contribution in [0.4, 0.5) is 5.69 Å². The Hall–Kier alpha value is -2.02. The van der Waals surface area contributed by atoms with Crippen LogP contribution in [0.3, 0.4) is 0 Å². The van der Waals surface area contributed by atoms with Gasteiger partial charge in [-0.1, -0.05) is 12.1 Å². The van der Waals surface area contributed by atoms with Gasteiger partial charge in [-0.25, -0.2) is 0 Å². The molecule has 0 bridgehead atoms. The number of anilines is 1. The van der Waals surface area contributed by atoms with Gasteiger partial charge in [0.2, 0.25) is 0 Å². The number of carbonyl (C=O) groups is 1. The lowest BCUT2D eigenvalue weighted by Crippen LogP contribution is -2.29. The quantitative estimate of drug-likeness (QED) is 0.901. The molecule has 0 aromatic heterocycles. The number of carboxylic acid groups (broad SMARTS) is 1. The largest absolute Gasteiger partial charge is 0.480 e. The molecule has 100 valence electrons. The average molecular weight is 258 g/mol. The first kappa shape index (κ1) is 13.4. The Morgan fingerprint density at radius 3 is 2.42 bits per heavy atom. The van der Waals surface area contributed by atoms with Gasteiger partial charge in [-0.2, -0.15) is 5.26 Å². The highest BCUT2D eigenvalue weighted by Gasteiger charge is 2.17. The van der Waals surface area contributed by atoms with Crippen molar-refractivity contribution in [2.24, 2.45) is 5.92 Å². The maximum Gasteiger partial charge on any atom is 0.321 e. The normalized spacial score (nSPS) is 16.7. The van der Waals surface area contributed by atoms with Gasteiger partial charge in [0.25, 0.3) is 0 Å². The van der Waals surface area contributed by atoms with Gasteiger partial charge in [-0.15, -0.1) is 0 Å². The number of nitriles is 1. The van der Waals surface area contributed by atoms with E-state index in [9.17, 15) is 4.79 Å². The summed E-state index contributed by atoms with van der Waals surface area (Å²) < 4.78 is 0. The van der Waals surface area contributed by atoms with E-state index in [1.54, 1.807) is 0 Å². The SMILES string of the molecule is N#CC(Cc1ccc(N2CCCCC2)cc1)C(=O)O. The Labute approximate surface area is 113 Å². The van der Waals surface area contributed by atoms with Crippen molar-refractivity contribution in [2.75, 3.05) is 18.0 Å². The standard InChI is InChI=1S/C15H18N2O2/c16-11-13(15(18)19)10-12-4-6-14(7-5-12)17-8-2-1-3-9-17/h4-7,13H,1-3,8-10H2,(H,18,19). The van der Waals surface area contributed by atoms with Gasteiger partial charge in [0, 0.05) is 18.8 Å². The molecule has 1 N–H and O–H groups in total. The van der Waals surface area contributed by atoms with E-state index in [4.69, 9.17) is 10.4 Å². The molecule has 1 atom stereocenters. The van der Waals surface area contributed by atoms with Crippen LogP contribution in [-0.2, 0) is 11.2 Å². The van der Waals surface area contributed by atoms with E-state index in [0.717, 1.165) is 18.7 Å². The first-order valence-corrected chi connectivity index (χ1v) is 6.67. The molecule has 0 spiro atoms. The van der Waals surface area contributed by atoms with Crippen LogP contribution in [-0.4, -0.2) is 24.2 Å². The first-order valence-electron chi connectivity index (χ1n) is 6.67. The zero-order valence-corrected chi connectivity index (χ0v) is 10.9. The van der Waals surface area contributed by atoms with E-state index in [-0.39, 0.29) is 6.42 Å². The van der Waals surface area contributed by atoms with Crippen LogP contribution in [0, 0.1) is 17.2 Å². The Balaban J connectivity index is 2.02. The predicted molar refractivity (Wildman–Crippen MR) is 72.9 cm³/mol. The van der Waals surface area contributed by atoms with Crippen LogP contribution in [0.5, 0.6) is 0 Å². The lowest BCUT2D eigenvalue weighted by Gasteiger charge is -2.28. The zero-order chi connectivity index (χ0) is 13.7. The number of hydrogen-bond acceptors (Lipinski definition) is 3. The molecule has 1 aromatic carbocycles. The minimum Gasteiger partial charge on any atom is -0.480 e. The van der Waals surface area contributed by atoms with Gasteiger partial charge in [-0.05, 0) is 43.4 Å². The molecule has 2 rings (SSSR count). The summed E-state index contributed by atoms with van der Waals surface area (Å²) in [5.41, 5.74) is 2.09. The highest BCUT2D eigenvalue weighted by molar-refractivity contribution is 5.73. The van der Waals surface area contributed by atoms with Crippen molar-refractivity contribution in [1.29, 1.82) is 5.26 Å². The summed E-state index contributed by atoms with van der Waals surface area (Å²) in [4.78, 5) is 13.2. The van der Waals surface area contributed by atoms with Crippen LogP contribution in [0.25, 0.3) is 0 Å². The molecule has 0 aliphatic carbocycles. The molecule has 1 heterocycles. The molecule has 0 amide bonds. The van der Waals surface area contributed by atoms with Crippen molar-refractivity contribution in [2.45, 2.75) is 25.7 Å². The van der Waals surface area contributed by atoms with Gasteiger partial charge < -0.3 is 10.0 Å². The summed E-state index contributed by atoms with van der Waals surface area (Å²) in [5.74, 6) is -2.01. The highest BCUT2D eigenvalue weighted by Crippen LogP contribution is 2.21. The molecule has 0 radical (unpaired) electrons. The second kappa shape index (κ2) is 6.24. The van der Waals surface area contributed by atoms with E-state index in [1.165, 1.54) is 24.9 Å². The van der Waals surface area contributed by atoms with E-state index in [1.807, 2.05) is 30.3 Å². The summed E-state index contributed by atoms with van der Waals surface area (Å²) in [6.07, 6.45) is 4.04. The van der Waals surface area contributed by atoms with Gasteiger partial charge in [0.15, 0.2) is 0 Å². The summed E-state index contributed by atoms with van der Waals surface area (Å²) in [6.45, 7) is 2.19. The molecule has 1 unspecified atom stereocenters. The predicted octanol–water partition coefficient (Wildman–Crippen LogP) is 2.44. The number of aliphatic carboxylic acids is 1. The highest BCUT2D eigenvalue weighted by atomic mass is 16.4. The van der Waals surface area contributed by atoms with Crippen LogP contribution in [0.2, 0.25) is 0 Å². The molecule has 19 heavy (non-hydrogen) atoms. The minimum absolute atomic E-state index is 0.270. The molecule has 0 saturated carbocycles. The van der Waals surface area contributed by atoms with Crippen LogP contribution in [0.1, 0.15) is 24.8 Å². The second-order valence-corrected chi connectivity index (χ2v) is 4.94. The van der Waals surface area contributed by atoms with Crippen molar-refractivity contribution in [3.63, 3.8) is 0 Å². The third-order valence-electron chi connectivity index (χ3n) is 3.55. The number of carboxylic acids is 1. The van der Waals surface area contributed by atoms with Crippen LogP contribution >= 0.6 is 0 Å². The molecular weight excluding hydrogens is 240 g/mol. The molecular formula is C15H18N2O2. The molecule has 1 aliphatic rings. The number of piperidine rings is 1. The van der Waals surface area contributed by atoms with Crippen molar-refractivity contribution >= 4 is 11.7 Å². The average Bonchev–Trinajstić information content (AvgIpc) is 2.46. The third kappa shape index (κ3) is 3.47. The van der Waals surface area contributed by atoms with Crippen LogP contribution in [0.15, 0.2) is 24.3 Å². The molecule has 1 aromatic rings. The fourth-order valence-electron chi connectivity index (χ4n) is 2.42. The number of nitrogens with zero attached hydrogens (tertiary/aromatic N) is 2. The zero-order valence-electron chi connectivity index (χ0n) is 10.9. The van der Waals surface area contributed by atoms with Crippen molar-refractivity contribution in [3.8, 4) is 6.07 Å². The Kier molecular flexibility index (Phi) is 4.40. The van der Waals surface area contributed by atoms with E-state index in [0.29, 0.717) is 0 Å². The monoisotopic (exact) mass is 258 g/mol. The van der Waals surface area contributed by atoms with E-state index in [2.05, 4.69) is 4.90 Å². The van der Waals surface area contributed by atoms with Gasteiger partial charge in [0.1, 0.15) is 5.92 Å². The minimum atomic E-state index is -1.05. The second-order valence-electron chi connectivity index (χ2n) is 4.94. The maximum atomic E-state index is 10.8. The summed E-state index contributed by atoms with van der Waals surface area (Å²) in [6, 6.07) is 9.72. The van der Waals surface area contributed by atoms with Crippen molar-refractivity contribution in [3.05, 3.63) is 29.8 Å². The molecule has 1 fully saturated rings. The molecule has 1 aliphatic heterocycles. The first-order chi connectivity index (χ1) is 9.20. The van der Waals surface area contributed by atoms with E-state index >= 15 is 0 Å². The lowest BCUT2D eigenvalue weighted by molar-refractivity contribution is -0.139. The Bertz CT molecular complexity index is 470. The smallest absolute Gasteiger partial charge is 0.321 e. The van der Waals surface area contributed by atoms with Gasteiger partial charge >= 0.3 is 5.97 Å².